The second-order valence-electron chi connectivity index (χ2n) is 8.19. The first-order valence-corrected chi connectivity index (χ1v) is 9.74. The molecule has 1 heterocycles. The van der Waals surface area contributed by atoms with Gasteiger partial charge in [0, 0.05) is 12.5 Å². The zero-order chi connectivity index (χ0) is 24.2. The van der Waals surface area contributed by atoms with Gasteiger partial charge in [-0.05, 0) is 33.6 Å². The molecule has 12 heteroatoms. The largest absolute Gasteiger partial charge is 0.479 e. The minimum atomic E-state index is -1.92. The molecule has 0 spiro atoms. The molecule has 8 nitrogen and oxygen atoms in total. The van der Waals surface area contributed by atoms with Crippen molar-refractivity contribution < 1.29 is 46.5 Å². The molecule has 1 aliphatic heterocycles. The van der Waals surface area contributed by atoms with Crippen LogP contribution < -0.4 is 15.4 Å². The number of carbonyl (C=O) groups excluding carboxylic acids is 3. The number of halogens is 4. The summed E-state index contributed by atoms with van der Waals surface area (Å²) in [5.41, 5.74) is -2.12. The number of Topliss-reactive ketones (excluding diaryl/α,β-unsaturated/α-hetero) is 1. The molecule has 2 unspecified atom stereocenters. The summed E-state index contributed by atoms with van der Waals surface area (Å²) in [6.07, 6.45) is -0.734. The molecule has 2 amide bonds. The summed E-state index contributed by atoms with van der Waals surface area (Å²) in [7, 11) is 0. The fraction of sp³-hybridized carbons (Fsp3) is 0.550. The molecule has 178 valence electrons. The highest BCUT2D eigenvalue weighted by Gasteiger charge is 2.33. The lowest BCUT2D eigenvalue weighted by atomic mass is 9.96. The SMILES string of the molecule is CC(C)(C)OC(=O)NC(CC1CCNC1=O)C(=O)COc1c(F)c(F)c(CO)c(F)c1F. The van der Waals surface area contributed by atoms with E-state index in [2.05, 4.69) is 10.6 Å². The second kappa shape index (κ2) is 10.2. The summed E-state index contributed by atoms with van der Waals surface area (Å²) in [5.74, 6) is -10.9. The average molecular weight is 464 g/mol. The predicted molar refractivity (Wildman–Crippen MR) is 102 cm³/mol. The molecule has 0 aromatic heterocycles. The molecule has 0 radical (unpaired) electrons. The van der Waals surface area contributed by atoms with Crippen molar-refractivity contribution in [3.8, 4) is 5.75 Å². The van der Waals surface area contributed by atoms with Crippen LogP contribution in [0.4, 0.5) is 22.4 Å². The molecule has 2 atom stereocenters. The van der Waals surface area contributed by atoms with Gasteiger partial charge in [-0.1, -0.05) is 0 Å². The van der Waals surface area contributed by atoms with Crippen LogP contribution in [-0.4, -0.2) is 47.7 Å². The van der Waals surface area contributed by atoms with E-state index in [1.54, 1.807) is 20.8 Å². The van der Waals surface area contributed by atoms with Crippen LogP contribution in [0.25, 0.3) is 0 Å². The van der Waals surface area contributed by atoms with Gasteiger partial charge in [0.15, 0.2) is 23.2 Å². The molecule has 1 fully saturated rings. The van der Waals surface area contributed by atoms with E-state index >= 15 is 0 Å². The maximum absolute atomic E-state index is 14.0. The van der Waals surface area contributed by atoms with Crippen molar-refractivity contribution >= 4 is 17.8 Å². The molecule has 1 aromatic carbocycles. The Hall–Kier alpha value is -2.89. The Bertz CT molecular complexity index is 874. The summed E-state index contributed by atoms with van der Waals surface area (Å²) < 4.78 is 65.5. The quantitative estimate of drug-likeness (QED) is 0.401. The summed E-state index contributed by atoms with van der Waals surface area (Å²) in [6.45, 7) is 2.76. The number of ketones is 1. The number of ether oxygens (including phenoxy) is 2. The van der Waals surface area contributed by atoms with E-state index in [1.807, 2.05) is 0 Å². The van der Waals surface area contributed by atoms with E-state index in [-0.39, 0.29) is 12.3 Å². The van der Waals surface area contributed by atoms with Crippen LogP contribution in [0.2, 0.25) is 0 Å². The number of benzene rings is 1. The Kier molecular flexibility index (Phi) is 8.05. The van der Waals surface area contributed by atoms with Crippen LogP contribution in [0.15, 0.2) is 0 Å². The third kappa shape index (κ3) is 6.09. The van der Waals surface area contributed by atoms with E-state index < -0.39 is 77.2 Å². The zero-order valence-corrected chi connectivity index (χ0v) is 17.7. The van der Waals surface area contributed by atoms with Crippen LogP contribution in [0.3, 0.4) is 0 Å². The highest BCUT2D eigenvalue weighted by atomic mass is 19.2. The van der Waals surface area contributed by atoms with Gasteiger partial charge in [-0.25, -0.2) is 13.6 Å². The maximum Gasteiger partial charge on any atom is 0.408 e. The van der Waals surface area contributed by atoms with Crippen LogP contribution in [0.1, 0.15) is 39.2 Å². The molecular formula is C20H24F4N2O6. The molecule has 0 saturated carbocycles. The van der Waals surface area contributed by atoms with Crippen molar-refractivity contribution in [1.82, 2.24) is 10.6 Å². The van der Waals surface area contributed by atoms with Crippen LogP contribution in [-0.2, 0) is 20.9 Å². The first-order valence-electron chi connectivity index (χ1n) is 9.74. The number of aliphatic hydroxyl groups excluding tert-OH is 1. The summed E-state index contributed by atoms with van der Waals surface area (Å²) in [4.78, 5) is 36.6. The zero-order valence-electron chi connectivity index (χ0n) is 17.7. The Morgan fingerprint density at radius 3 is 2.22 bits per heavy atom. The molecule has 2 rings (SSSR count). The fourth-order valence-electron chi connectivity index (χ4n) is 3.04. The van der Waals surface area contributed by atoms with Crippen molar-refractivity contribution in [2.45, 2.75) is 51.9 Å². The van der Waals surface area contributed by atoms with E-state index in [1.165, 1.54) is 0 Å². The summed E-state index contributed by atoms with van der Waals surface area (Å²) in [5, 5.41) is 13.7. The number of amides is 2. The number of hydrogen-bond acceptors (Lipinski definition) is 6. The average Bonchev–Trinajstić information content (AvgIpc) is 3.09. The van der Waals surface area contributed by atoms with Gasteiger partial charge in [-0.15, -0.1) is 0 Å². The molecule has 0 bridgehead atoms. The van der Waals surface area contributed by atoms with Crippen molar-refractivity contribution in [3.63, 3.8) is 0 Å². The number of hydrogen-bond donors (Lipinski definition) is 3. The van der Waals surface area contributed by atoms with Gasteiger partial charge >= 0.3 is 6.09 Å². The third-order valence-corrected chi connectivity index (χ3v) is 4.59. The van der Waals surface area contributed by atoms with E-state index in [9.17, 15) is 31.9 Å². The summed E-state index contributed by atoms with van der Waals surface area (Å²) in [6, 6.07) is -1.34. The van der Waals surface area contributed by atoms with Crippen LogP contribution in [0, 0.1) is 29.2 Å². The van der Waals surface area contributed by atoms with Gasteiger partial charge < -0.3 is 25.2 Å². The lowest BCUT2D eigenvalue weighted by Crippen LogP contribution is -2.46. The van der Waals surface area contributed by atoms with Crippen molar-refractivity contribution in [1.29, 1.82) is 0 Å². The van der Waals surface area contributed by atoms with Crippen LogP contribution >= 0.6 is 0 Å². The molecule has 1 aromatic rings. The molecule has 32 heavy (non-hydrogen) atoms. The number of alkyl carbamates (subject to hydrolysis) is 1. The number of nitrogens with one attached hydrogen (secondary N) is 2. The van der Waals surface area contributed by atoms with Gasteiger partial charge in [0.25, 0.3) is 0 Å². The fourth-order valence-corrected chi connectivity index (χ4v) is 3.04. The Morgan fingerprint density at radius 1 is 1.16 bits per heavy atom. The van der Waals surface area contributed by atoms with Gasteiger partial charge in [-0.2, -0.15) is 8.78 Å². The number of carbonyl (C=O) groups is 3. The van der Waals surface area contributed by atoms with Gasteiger partial charge in [0.2, 0.25) is 17.5 Å². The first kappa shape index (κ1) is 25.4. The van der Waals surface area contributed by atoms with Crippen molar-refractivity contribution in [2.24, 2.45) is 5.92 Å². The topological polar surface area (TPSA) is 114 Å². The summed E-state index contributed by atoms with van der Waals surface area (Å²) >= 11 is 0. The first-order chi connectivity index (χ1) is 14.9. The normalized spacial score (nSPS) is 17.0. The lowest BCUT2D eigenvalue weighted by molar-refractivity contribution is -0.125. The second-order valence-corrected chi connectivity index (χ2v) is 8.19. The molecule has 1 saturated heterocycles. The smallest absolute Gasteiger partial charge is 0.408 e. The number of aliphatic hydroxyl groups is 1. The monoisotopic (exact) mass is 464 g/mol. The Labute approximate surface area is 181 Å². The van der Waals surface area contributed by atoms with Crippen molar-refractivity contribution in [2.75, 3.05) is 13.2 Å². The molecule has 0 aliphatic carbocycles. The molecule has 1 aliphatic rings. The molecule has 3 N–H and O–H groups in total. The highest BCUT2D eigenvalue weighted by molar-refractivity contribution is 5.90. The van der Waals surface area contributed by atoms with E-state index in [0.717, 1.165) is 0 Å². The lowest BCUT2D eigenvalue weighted by Gasteiger charge is -2.24. The highest BCUT2D eigenvalue weighted by Crippen LogP contribution is 2.30. The number of rotatable bonds is 8. The Balaban J connectivity index is 2.19. The van der Waals surface area contributed by atoms with E-state index in [0.29, 0.717) is 13.0 Å². The van der Waals surface area contributed by atoms with Gasteiger partial charge in [-0.3, -0.25) is 9.59 Å². The predicted octanol–water partition coefficient (Wildman–Crippen LogP) is 2.10. The van der Waals surface area contributed by atoms with Gasteiger partial charge in [0.05, 0.1) is 18.2 Å². The maximum atomic E-state index is 14.0. The molecular weight excluding hydrogens is 440 g/mol. The van der Waals surface area contributed by atoms with E-state index in [4.69, 9.17) is 14.6 Å². The Morgan fingerprint density at radius 2 is 1.75 bits per heavy atom. The minimum Gasteiger partial charge on any atom is -0.479 e. The van der Waals surface area contributed by atoms with Crippen molar-refractivity contribution in [3.05, 3.63) is 28.8 Å². The standard InChI is InChI=1S/C20H24F4N2O6/c1-20(2,3)32-19(30)26-11(6-9-4-5-25-18(9)29)12(28)8-31-17-15(23)13(21)10(7-27)14(22)16(17)24/h9,11,27H,4-8H2,1-3H3,(H,25,29)(H,26,30). The van der Waals surface area contributed by atoms with Gasteiger partial charge in [0.1, 0.15) is 12.2 Å². The van der Waals surface area contributed by atoms with Crippen LogP contribution in [0.5, 0.6) is 5.75 Å². The minimum absolute atomic E-state index is 0.148. The third-order valence-electron chi connectivity index (χ3n) is 4.59.